The maximum absolute atomic E-state index is 12.2. The minimum Gasteiger partial charge on any atom is -0.350 e. The molecule has 0 spiro atoms. The lowest BCUT2D eigenvalue weighted by Gasteiger charge is -2.22. The summed E-state index contributed by atoms with van der Waals surface area (Å²) in [6, 6.07) is 9.94. The van der Waals surface area contributed by atoms with E-state index < -0.39 is 5.54 Å². The zero-order valence-corrected chi connectivity index (χ0v) is 11.4. The van der Waals surface area contributed by atoms with Gasteiger partial charge in [-0.2, -0.15) is 0 Å². The highest BCUT2D eigenvalue weighted by molar-refractivity contribution is 5.87. The number of hydrogen-bond donors (Lipinski definition) is 2. The quantitative estimate of drug-likeness (QED) is 0.897. The van der Waals surface area contributed by atoms with Gasteiger partial charge in [0.25, 0.3) is 0 Å². The Morgan fingerprint density at radius 2 is 2.00 bits per heavy atom. The number of nitrogens with zero attached hydrogens (tertiary/aromatic N) is 1. The van der Waals surface area contributed by atoms with Crippen LogP contribution in [0.1, 0.15) is 31.2 Å². The molecule has 1 fully saturated rings. The van der Waals surface area contributed by atoms with Crippen LogP contribution in [-0.4, -0.2) is 16.4 Å². The monoisotopic (exact) mass is 269 g/mol. The summed E-state index contributed by atoms with van der Waals surface area (Å²) in [7, 11) is 0. The van der Waals surface area contributed by atoms with Crippen molar-refractivity contribution in [1.29, 1.82) is 0 Å². The first kappa shape index (κ1) is 13.1. The number of pyridine rings is 1. The second-order valence-corrected chi connectivity index (χ2v) is 5.54. The van der Waals surface area contributed by atoms with Crippen molar-refractivity contribution in [3.05, 3.63) is 42.1 Å². The third-order valence-corrected chi connectivity index (χ3v) is 4.10. The number of fused-ring (bicyclic) bond motifs is 1. The van der Waals surface area contributed by atoms with Crippen molar-refractivity contribution in [2.45, 2.75) is 37.8 Å². The average Bonchev–Trinajstić information content (AvgIpc) is 2.93. The normalized spacial score (nSPS) is 17.2. The molecule has 4 heteroatoms. The lowest BCUT2D eigenvalue weighted by Crippen LogP contribution is -2.51. The Balaban J connectivity index is 1.76. The Morgan fingerprint density at radius 1 is 1.25 bits per heavy atom. The molecule has 104 valence electrons. The number of benzene rings is 1. The van der Waals surface area contributed by atoms with Crippen LogP contribution >= 0.6 is 0 Å². The van der Waals surface area contributed by atoms with E-state index in [1.165, 1.54) is 0 Å². The van der Waals surface area contributed by atoms with Crippen molar-refractivity contribution < 1.29 is 4.79 Å². The Labute approximate surface area is 118 Å². The Hall–Kier alpha value is -1.94. The zero-order valence-electron chi connectivity index (χ0n) is 11.4. The molecule has 1 amide bonds. The highest BCUT2D eigenvalue weighted by Gasteiger charge is 2.36. The van der Waals surface area contributed by atoms with Crippen LogP contribution in [0, 0.1) is 0 Å². The zero-order chi connectivity index (χ0) is 14.0. The molecule has 0 aliphatic heterocycles. The van der Waals surface area contributed by atoms with E-state index in [2.05, 4.69) is 10.3 Å². The molecular formula is C16H19N3O. The van der Waals surface area contributed by atoms with E-state index in [9.17, 15) is 4.79 Å². The van der Waals surface area contributed by atoms with E-state index in [0.717, 1.165) is 42.1 Å². The minimum atomic E-state index is -0.669. The summed E-state index contributed by atoms with van der Waals surface area (Å²) in [4.78, 5) is 16.6. The standard InChI is InChI=1S/C16H19N3O/c17-16(8-1-2-9-16)15(20)19-11-13-6-3-5-12-7-4-10-18-14(12)13/h3-7,10H,1-2,8-9,11,17H2,(H,19,20). The predicted molar refractivity (Wildman–Crippen MR) is 79.0 cm³/mol. The van der Waals surface area contributed by atoms with Gasteiger partial charge in [0.05, 0.1) is 11.1 Å². The van der Waals surface area contributed by atoms with E-state index in [1.807, 2.05) is 30.3 Å². The van der Waals surface area contributed by atoms with Gasteiger partial charge in [-0.1, -0.05) is 37.1 Å². The number of nitrogens with two attached hydrogens (primary N) is 1. The van der Waals surface area contributed by atoms with Gasteiger partial charge in [-0.3, -0.25) is 9.78 Å². The lowest BCUT2D eigenvalue weighted by atomic mass is 9.98. The summed E-state index contributed by atoms with van der Waals surface area (Å²) in [6.45, 7) is 0.478. The highest BCUT2D eigenvalue weighted by atomic mass is 16.2. The number of para-hydroxylation sites is 1. The fourth-order valence-corrected chi connectivity index (χ4v) is 2.89. The molecule has 4 nitrogen and oxygen atoms in total. The van der Waals surface area contributed by atoms with Crippen LogP contribution in [0.15, 0.2) is 36.5 Å². The number of carbonyl (C=O) groups is 1. The first-order valence-corrected chi connectivity index (χ1v) is 7.09. The largest absolute Gasteiger partial charge is 0.350 e. The van der Waals surface area contributed by atoms with Gasteiger partial charge < -0.3 is 11.1 Å². The Bertz CT molecular complexity index is 627. The van der Waals surface area contributed by atoms with Crippen molar-refractivity contribution in [3.63, 3.8) is 0 Å². The Kier molecular flexibility index (Phi) is 3.40. The lowest BCUT2D eigenvalue weighted by molar-refractivity contribution is -0.126. The summed E-state index contributed by atoms with van der Waals surface area (Å²) in [6.07, 6.45) is 5.42. The molecule has 20 heavy (non-hydrogen) atoms. The van der Waals surface area contributed by atoms with Crippen molar-refractivity contribution in [2.24, 2.45) is 5.73 Å². The summed E-state index contributed by atoms with van der Waals surface area (Å²) in [5.41, 5.74) is 7.45. The van der Waals surface area contributed by atoms with Crippen molar-refractivity contribution in [1.82, 2.24) is 10.3 Å². The second kappa shape index (κ2) is 5.21. The maximum atomic E-state index is 12.2. The number of carbonyl (C=O) groups excluding carboxylic acids is 1. The number of aromatic nitrogens is 1. The first-order chi connectivity index (χ1) is 9.69. The van der Waals surface area contributed by atoms with Gasteiger partial charge in [0.2, 0.25) is 5.91 Å². The summed E-state index contributed by atoms with van der Waals surface area (Å²) in [5, 5.41) is 4.06. The van der Waals surface area contributed by atoms with Crippen LogP contribution in [0.2, 0.25) is 0 Å². The number of amides is 1. The van der Waals surface area contributed by atoms with Crippen LogP contribution in [0.4, 0.5) is 0 Å². The molecule has 1 aromatic heterocycles. The fraction of sp³-hybridized carbons (Fsp3) is 0.375. The van der Waals surface area contributed by atoms with Crippen LogP contribution in [0.3, 0.4) is 0 Å². The van der Waals surface area contributed by atoms with Gasteiger partial charge in [0, 0.05) is 18.1 Å². The van der Waals surface area contributed by atoms with Crippen LogP contribution in [0.5, 0.6) is 0 Å². The van der Waals surface area contributed by atoms with Gasteiger partial charge in [0.1, 0.15) is 0 Å². The molecule has 0 radical (unpaired) electrons. The van der Waals surface area contributed by atoms with E-state index in [-0.39, 0.29) is 5.91 Å². The molecule has 1 aliphatic rings. The minimum absolute atomic E-state index is 0.0389. The topological polar surface area (TPSA) is 68.0 Å². The SMILES string of the molecule is NC1(C(=O)NCc2cccc3cccnc23)CCCC1. The molecule has 3 rings (SSSR count). The van der Waals surface area contributed by atoms with Crippen LogP contribution in [-0.2, 0) is 11.3 Å². The molecule has 1 saturated carbocycles. The van der Waals surface area contributed by atoms with E-state index in [0.29, 0.717) is 6.54 Å². The van der Waals surface area contributed by atoms with Crippen LogP contribution < -0.4 is 11.1 Å². The van der Waals surface area contributed by atoms with Crippen molar-refractivity contribution in [2.75, 3.05) is 0 Å². The molecule has 0 unspecified atom stereocenters. The fourth-order valence-electron chi connectivity index (χ4n) is 2.89. The molecule has 1 aliphatic carbocycles. The second-order valence-electron chi connectivity index (χ2n) is 5.54. The van der Waals surface area contributed by atoms with Gasteiger partial charge in [0.15, 0.2) is 0 Å². The van der Waals surface area contributed by atoms with Crippen LogP contribution in [0.25, 0.3) is 10.9 Å². The molecule has 0 bridgehead atoms. The number of rotatable bonds is 3. The third-order valence-electron chi connectivity index (χ3n) is 4.10. The van der Waals surface area contributed by atoms with Gasteiger partial charge in [-0.15, -0.1) is 0 Å². The van der Waals surface area contributed by atoms with E-state index in [1.54, 1.807) is 6.20 Å². The van der Waals surface area contributed by atoms with Gasteiger partial charge in [-0.05, 0) is 24.5 Å². The molecule has 3 N–H and O–H groups in total. The smallest absolute Gasteiger partial charge is 0.240 e. The summed E-state index contributed by atoms with van der Waals surface area (Å²) < 4.78 is 0. The number of nitrogens with one attached hydrogen (secondary N) is 1. The van der Waals surface area contributed by atoms with E-state index >= 15 is 0 Å². The molecular weight excluding hydrogens is 250 g/mol. The third kappa shape index (κ3) is 2.39. The summed E-state index contributed by atoms with van der Waals surface area (Å²) >= 11 is 0. The molecule has 0 atom stereocenters. The predicted octanol–water partition coefficient (Wildman–Crippen LogP) is 2.12. The average molecular weight is 269 g/mol. The van der Waals surface area contributed by atoms with E-state index in [4.69, 9.17) is 5.73 Å². The maximum Gasteiger partial charge on any atom is 0.240 e. The van der Waals surface area contributed by atoms with Gasteiger partial charge in [-0.25, -0.2) is 0 Å². The molecule has 2 aromatic rings. The molecule has 0 saturated heterocycles. The van der Waals surface area contributed by atoms with Crippen molar-refractivity contribution >= 4 is 16.8 Å². The highest BCUT2D eigenvalue weighted by Crippen LogP contribution is 2.27. The number of hydrogen-bond acceptors (Lipinski definition) is 3. The molecule has 1 aromatic carbocycles. The Morgan fingerprint density at radius 3 is 2.80 bits per heavy atom. The summed E-state index contributed by atoms with van der Waals surface area (Å²) in [5.74, 6) is -0.0389. The van der Waals surface area contributed by atoms with Gasteiger partial charge >= 0.3 is 0 Å². The van der Waals surface area contributed by atoms with Crippen molar-refractivity contribution in [3.8, 4) is 0 Å². The molecule has 1 heterocycles. The first-order valence-electron chi connectivity index (χ1n) is 7.09.